The first-order chi connectivity index (χ1) is 11.5. The number of amides is 1. The molecule has 1 amide bonds. The van der Waals surface area contributed by atoms with Gasteiger partial charge in [0.15, 0.2) is 0 Å². The lowest BCUT2D eigenvalue weighted by Crippen LogP contribution is -2.07. The number of anilines is 1. The fourth-order valence-corrected chi connectivity index (χ4v) is 2.37. The molecular formula is C18H14N2O4. The Balaban J connectivity index is 1.91. The fraction of sp³-hybridized carbons (Fsp3) is 0.0556. The van der Waals surface area contributed by atoms with E-state index in [1.54, 1.807) is 42.5 Å². The van der Waals surface area contributed by atoms with E-state index >= 15 is 0 Å². The molecule has 120 valence electrons. The highest BCUT2D eigenvalue weighted by Crippen LogP contribution is 2.28. The number of carbonyl (C=O) groups is 2. The summed E-state index contributed by atoms with van der Waals surface area (Å²) in [7, 11) is 0. The molecule has 6 heteroatoms. The van der Waals surface area contributed by atoms with Gasteiger partial charge in [-0.3, -0.25) is 4.79 Å². The Morgan fingerprint density at radius 1 is 1.08 bits per heavy atom. The average Bonchev–Trinajstić information content (AvgIpc) is 2.53. The summed E-state index contributed by atoms with van der Waals surface area (Å²) in [6, 6.07) is 13.5. The maximum atomic E-state index is 11.2. The molecule has 1 aromatic heterocycles. The van der Waals surface area contributed by atoms with Crippen LogP contribution in [0, 0.1) is 0 Å². The van der Waals surface area contributed by atoms with E-state index in [4.69, 9.17) is 4.74 Å². The number of carboxylic acid groups (broad SMARTS) is 1. The number of carboxylic acids is 1. The van der Waals surface area contributed by atoms with E-state index in [9.17, 15) is 14.7 Å². The topological polar surface area (TPSA) is 88.5 Å². The molecule has 0 aliphatic rings. The van der Waals surface area contributed by atoms with Crippen molar-refractivity contribution in [2.75, 3.05) is 5.32 Å². The molecule has 0 spiro atoms. The quantitative estimate of drug-likeness (QED) is 0.765. The molecule has 2 aromatic carbocycles. The van der Waals surface area contributed by atoms with Crippen LogP contribution < -0.4 is 10.1 Å². The number of hydrogen-bond acceptors (Lipinski definition) is 4. The van der Waals surface area contributed by atoms with Crippen LogP contribution in [0.1, 0.15) is 17.3 Å². The van der Waals surface area contributed by atoms with Gasteiger partial charge in [0.1, 0.15) is 17.3 Å². The lowest BCUT2D eigenvalue weighted by atomic mass is 10.0. The van der Waals surface area contributed by atoms with Crippen molar-refractivity contribution in [1.29, 1.82) is 0 Å². The zero-order valence-electron chi connectivity index (χ0n) is 12.8. The Bertz CT molecular complexity index is 937. The summed E-state index contributed by atoms with van der Waals surface area (Å²) in [6.07, 6.45) is 1.53. The van der Waals surface area contributed by atoms with Gasteiger partial charge in [-0.05, 0) is 41.1 Å². The number of pyridine rings is 1. The minimum absolute atomic E-state index is 0.216. The summed E-state index contributed by atoms with van der Waals surface area (Å²) >= 11 is 0. The highest BCUT2D eigenvalue weighted by Gasteiger charge is 2.09. The van der Waals surface area contributed by atoms with Crippen molar-refractivity contribution in [3.63, 3.8) is 0 Å². The van der Waals surface area contributed by atoms with E-state index in [-0.39, 0.29) is 11.5 Å². The standard InChI is InChI=1S/C18H14N2O4/c1-11(21)20-17-10-14(7-8-19-17)24-13-5-6-15-12(9-13)3-2-4-16(15)18(22)23/h2-10H,1H3,(H,22,23)(H,19,20,21). The van der Waals surface area contributed by atoms with Gasteiger partial charge in [0.25, 0.3) is 0 Å². The molecule has 0 aliphatic heterocycles. The second kappa shape index (κ2) is 6.37. The zero-order valence-corrected chi connectivity index (χ0v) is 12.8. The van der Waals surface area contributed by atoms with Crippen LogP contribution in [-0.2, 0) is 4.79 Å². The smallest absolute Gasteiger partial charge is 0.336 e. The number of fused-ring (bicyclic) bond motifs is 1. The molecule has 0 radical (unpaired) electrons. The first-order valence-corrected chi connectivity index (χ1v) is 7.20. The van der Waals surface area contributed by atoms with Gasteiger partial charge in [0.05, 0.1) is 5.56 Å². The molecule has 2 N–H and O–H groups in total. The van der Waals surface area contributed by atoms with Gasteiger partial charge in [-0.1, -0.05) is 12.1 Å². The van der Waals surface area contributed by atoms with Crippen molar-refractivity contribution in [3.05, 3.63) is 60.3 Å². The largest absolute Gasteiger partial charge is 0.478 e. The molecule has 24 heavy (non-hydrogen) atoms. The summed E-state index contributed by atoms with van der Waals surface area (Å²) in [6.45, 7) is 1.40. The van der Waals surface area contributed by atoms with E-state index in [0.717, 1.165) is 5.39 Å². The molecule has 3 aromatic rings. The SMILES string of the molecule is CC(=O)Nc1cc(Oc2ccc3c(C(=O)O)cccc3c2)ccn1. The van der Waals surface area contributed by atoms with Gasteiger partial charge >= 0.3 is 5.97 Å². The molecule has 0 saturated heterocycles. The number of nitrogens with one attached hydrogen (secondary N) is 1. The second-order valence-electron chi connectivity index (χ2n) is 5.15. The van der Waals surface area contributed by atoms with Crippen molar-refractivity contribution in [2.45, 2.75) is 6.92 Å². The molecule has 0 saturated carbocycles. The Labute approximate surface area is 137 Å². The van der Waals surface area contributed by atoms with Crippen molar-refractivity contribution in [1.82, 2.24) is 4.98 Å². The van der Waals surface area contributed by atoms with Crippen molar-refractivity contribution < 1.29 is 19.4 Å². The number of aromatic nitrogens is 1. The van der Waals surface area contributed by atoms with Crippen molar-refractivity contribution >= 4 is 28.5 Å². The highest BCUT2D eigenvalue weighted by molar-refractivity contribution is 6.03. The van der Waals surface area contributed by atoms with E-state index in [0.29, 0.717) is 22.7 Å². The van der Waals surface area contributed by atoms with Gasteiger partial charge in [-0.15, -0.1) is 0 Å². The van der Waals surface area contributed by atoms with Crippen LogP contribution in [0.5, 0.6) is 11.5 Å². The zero-order chi connectivity index (χ0) is 17.1. The second-order valence-corrected chi connectivity index (χ2v) is 5.15. The summed E-state index contributed by atoms with van der Waals surface area (Å²) in [5.41, 5.74) is 0.246. The predicted octanol–water partition coefficient (Wildman–Crippen LogP) is 3.68. The third-order valence-electron chi connectivity index (χ3n) is 3.35. The molecule has 0 aliphatic carbocycles. The van der Waals surface area contributed by atoms with Crippen LogP contribution >= 0.6 is 0 Å². The first kappa shape index (κ1) is 15.5. The number of rotatable bonds is 4. The molecule has 0 fully saturated rings. The summed E-state index contributed by atoms with van der Waals surface area (Å²) in [4.78, 5) is 26.3. The van der Waals surface area contributed by atoms with Crippen LogP contribution in [0.15, 0.2) is 54.7 Å². The Kier molecular flexibility index (Phi) is 4.11. The first-order valence-electron chi connectivity index (χ1n) is 7.20. The summed E-state index contributed by atoms with van der Waals surface area (Å²) < 4.78 is 5.77. The minimum atomic E-state index is -0.969. The summed E-state index contributed by atoms with van der Waals surface area (Å²) in [5.74, 6) is 0.288. The number of ether oxygens (including phenoxy) is 1. The van der Waals surface area contributed by atoms with E-state index in [2.05, 4.69) is 10.3 Å². The highest BCUT2D eigenvalue weighted by atomic mass is 16.5. The third-order valence-corrected chi connectivity index (χ3v) is 3.35. The molecule has 6 nitrogen and oxygen atoms in total. The van der Waals surface area contributed by atoms with Crippen LogP contribution in [0.25, 0.3) is 10.8 Å². The van der Waals surface area contributed by atoms with Gasteiger partial charge < -0.3 is 15.2 Å². The minimum Gasteiger partial charge on any atom is -0.478 e. The van der Waals surface area contributed by atoms with E-state index in [1.165, 1.54) is 13.1 Å². The van der Waals surface area contributed by atoms with Gasteiger partial charge in [-0.2, -0.15) is 0 Å². The van der Waals surface area contributed by atoms with Crippen molar-refractivity contribution in [2.24, 2.45) is 0 Å². The lowest BCUT2D eigenvalue weighted by molar-refractivity contribution is -0.114. The number of nitrogens with zero attached hydrogens (tertiary/aromatic N) is 1. The molecule has 3 rings (SSSR count). The summed E-state index contributed by atoms with van der Waals surface area (Å²) in [5, 5.41) is 13.2. The van der Waals surface area contributed by atoms with Crippen LogP contribution in [0.2, 0.25) is 0 Å². The number of carbonyl (C=O) groups excluding carboxylic acids is 1. The normalized spacial score (nSPS) is 10.4. The molecule has 1 heterocycles. The predicted molar refractivity (Wildman–Crippen MR) is 89.5 cm³/mol. The molecule has 0 bridgehead atoms. The van der Waals surface area contributed by atoms with Gasteiger partial charge in [0.2, 0.25) is 5.91 Å². The number of aromatic carboxylic acids is 1. The molecule has 0 atom stereocenters. The maximum Gasteiger partial charge on any atom is 0.336 e. The van der Waals surface area contributed by atoms with Crippen LogP contribution in [0.4, 0.5) is 5.82 Å². The van der Waals surface area contributed by atoms with E-state index < -0.39 is 5.97 Å². The molecular weight excluding hydrogens is 308 g/mol. The maximum absolute atomic E-state index is 11.2. The Morgan fingerprint density at radius 3 is 2.62 bits per heavy atom. The third kappa shape index (κ3) is 3.33. The Morgan fingerprint density at radius 2 is 1.88 bits per heavy atom. The average molecular weight is 322 g/mol. The van der Waals surface area contributed by atoms with Crippen LogP contribution in [-0.4, -0.2) is 22.0 Å². The van der Waals surface area contributed by atoms with Crippen molar-refractivity contribution in [3.8, 4) is 11.5 Å². The number of benzene rings is 2. The lowest BCUT2D eigenvalue weighted by Gasteiger charge is -2.09. The van der Waals surface area contributed by atoms with Gasteiger partial charge in [-0.25, -0.2) is 9.78 Å². The fourth-order valence-electron chi connectivity index (χ4n) is 2.37. The van der Waals surface area contributed by atoms with Crippen LogP contribution in [0.3, 0.4) is 0 Å². The van der Waals surface area contributed by atoms with Gasteiger partial charge in [0, 0.05) is 19.2 Å². The Hall–Kier alpha value is -3.41. The monoisotopic (exact) mass is 322 g/mol. The number of hydrogen-bond donors (Lipinski definition) is 2. The molecule has 0 unspecified atom stereocenters. The van der Waals surface area contributed by atoms with E-state index in [1.807, 2.05) is 6.07 Å².